The van der Waals surface area contributed by atoms with E-state index in [4.69, 9.17) is 0 Å². The molecular weight excluding hydrogens is 351 g/mol. The molecule has 0 aliphatic heterocycles. The van der Waals surface area contributed by atoms with Crippen molar-refractivity contribution in [2.45, 2.75) is 32.7 Å². The summed E-state index contributed by atoms with van der Waals surface area (Å²) in [5.41, 5.74) is 4.15. The van der Waals surface area contributed by atoms with E-state index in [2.05, 4.69) is 23.2 Å². The molecule has 0 spiro atoms. The molecule has 3 rings (SSSR count). The van der Waals surface area contributed by atoms with Gasteiger partial charge in [-0.2, -0.15) is 0 Å². The SMILES string of the molecule is Cc1ncc(I)c(=O)n1Cc1ccc2c(c1)CCC2. The van der Waals surface area contributed by atoms with Crippen LogP contribution in [0.15, 0.2) is 29.2 Å². The average molecular weight is 366 g/mol. The van der Waals surface area contributed by atoms with E-state index in [0.717, 1.165) is 5.82 Å². The lowest BCUT2D eigenvalue weighted by Gasteiger charge is -2.10. The largest absolute Gasteiger partial charge is 0.292 e. The maximum absolute atomic E-state index is 12.1. The van der Waals surface area contributed by atoms with E-state index in [1.165, 1.54) is 36.0 Å². The molecule has 0 unspecified atom stereocenters. The normalized spacial score (nSPS) is 13.6. The summed E-state index contributed by atoms with van der Waals surface area (Å²) in [6.07, 6.45) is 5.25. The second-order valence-corrected chi connectivity index (χ2v) is 6.16. The predicted octanol–water partition coefficient (Wildman–Crippen LogP) is 2.69. The predicted molar refractivity (Wildman–Crippen MR) is 83.5 cm³/mol. The third-order valence-electron chi connectivity index (χ3n) is 3.71. The minimum atomic E-state index is 0.0496. The van der Waals surface area contributed by atoms with Crippen LogP contribution in [0.2, 0.25) is 0 Å². The van der Waals surface area contributed by atoms with E-state index in [-0.39, 0.29) is 5.56 Å². The molecule has 0 atom stereocenters. The molecule has 2 aromatic rings. The van der Waals surface area contributed by atoms with Gasteiger partial charge in [-0.15, -0.1) is 0 Å². The first-order valence-corrected chi connectivity index (χ1v) is 7.55. The second kappa shape index (κ2) is 5.07. The minimum absolute atomic E-state index is 0.0496. The molecule has 0 fully saturated rings. The van der Waals surface area contributed by atoms with Crippen LogP contribution in [0.4, 0.5) is 0 Å². The maximum atomic E-state index is 12.1. The van der Waals surface area contributed by atoms with Gasteiger partial charge in [0.25, 0.3) is 5.56 Å². The molecule has 98 valence electrons. The summed E-state index contributed by atoms with van der Waals surface area (Å²) in [5, 5.41) is 0. The number of fused-ring (bicyclic) bond motifs is 1. The molecular formula is C15H15IN2O. The highest BCUT2D eigenvalue weighted by atomic mass is 127. The quantitative estimate of drug-likeness (QED) is 0.767. The van der Waals surface area contributed by atoms with E-state index in [0.29, 0.717) is 10.1 Å². The number of hydrogen-bond acceptors (Lipinski definition) is 2. The highest BCUT2D eigenvalue weighted by molar-refractivity contribution is 14.1. The monoisotopic (exact) mass is 366 g/mol. The number of benzene rings is 1. The molecule has 1 heterocycles. The Kier molecular flexibility index (Phi) is 3.43. The molecule has 4 heteroatoms. The maximum Gasteiger partial charge on any atom is 0.267 e. The molecule has 1 aliphatic carbocycles. The lowest BCUT2D eigenvalue weighted by molar-refractivity contribution is 0.694. The second-order valence-electron chi connectivity index (χ2n) is 5.00. The van der Waals surface area contributed by atoms with Gasteiger partial charge in [-0.1, -0.05) is 18.2 Å². The van der Waals surface area contributed by atoms with Crippen LogP contribution in [0.5, 0.6) is 0 Å². The van der Waals surface area contributed by atoms with Crippen molar-refractivity contribution in [3.05, 3.63) is 60.8 Å². The van der Waals surface area contributed by atoms with Crippen molar-refractivity contribution >= 4 is 22.6 Å². The summed E-state index contributed by atoms with van der Waals surface area (Å²) in [6.45, 7) is 2.49. The molecule has 0 N–H and O–H groups in total. The zero-order valence-corrected chi connectivity index (χ0v) is 13.0. The van der Waals surface area contributed by atoms with Crippen LogP contribution in [0.1, 0.15) is 28.9 Å². The first kappa shape index (κ1) is 12.8. The molecule has 1 aliphatic rings. The van der Waals surface area contributed by atoms with E-state index in [9.17, 15) is 4.79 Å². The van der Waals surface area contributed by atoms with Crippen molar-refractivity contribution in [1.82, 2.24) is 9.55 Å². The lowest BCUT2D eigenvalue weighted by atomic mass is 10.1. The summed E-state index contributed by atoms with van der Waals surface area (Å²) >= 11 is 2.04. The summed E-state index contributed by atoms with van der Waals surface area (Å²) in [5.74, 6) is 0.769. The Labute approximate surface area is 125 Å². The molecule has 0 saturated carbocycles. The van der Waals surface area contributed by atoms with Gasteiger partial charge in [0.15, 0.2) is 0 Å². The van der Waals surface area contributed by atoms with Crippen LogP contribution in [0.3, 0.4) is 0 Å². The van der Waals surface area contributed by atoms with Crippen LogP contribution in [-0.4, -0.2) is 9.55 Å². The van der Waals surface area contributed by atoms with Crippen LogP contribution >= 0.6 is 22.6 Å². The number of aryl methyl sites for hydroxylation is 3. The van der Waals surface area contributed by atoms with E-state index in [1.54, 1.807) is 10.8 Å². The van der Waals surface area contributed by atoms with Gasteiger partial charge in [-0.3, -0.25) is 9.36 Å². The summed E-state index contributed by atoms with van der Waals surface area (Å²) in [7, 11) is 0. The fraction of sp³-hybridized carbons (Fsp3) is 0.333. The molecule has 1 aromatic heterocycles. The van der Waals surface area contributed by atoms with Crippen molar-refractivity contribution in [3.8, 4) is 0 Å². The summed E-state index contributed by atoms with van der Waals surface area (Å²) < 4.78 is 2.42. The van der Waals surface area contributed by atoms with Gasteiger partial charge in [-0.25, -0.2) is 4.98 Å². The highest BCUT2D eigenvalue weighted by Gasteiger charge is 2.12. The zero-order chi connectivity index (χ0) is 13.4. The molecule has 3 nitrogen and oxygen atoms in total. The molecule has 0 radical (unpaired) electrons. The molecule has 0 saturated heterocycles. The van der Waals surface area contributed by atoms with Crippen LogP contribution in [0.25, 0.3) is 0 Å². The zero-order valence-electron chi connectivity index (χ0n) is 10.8. The van der Waals surface area contributed by atoms with E-state index in [1.807, 2.05) is 29.5 Å². The van der Waals surface area contributed by atoms with Gasteiger partial charge in [-0.05, 0) is 65.5 Å². The van der Waals surface area contributed by atoms with Gasteiger partial charge in [0.05, 0.1) is 10.1 Å². The fourth-order valence-corrected chi connectivity index (χ4v) is 3.07. The first-order chi connectivity index (χ1) is 9.15. The number of halogens is 1. The lowest BCUT2D eigenvalue weighted by Crippen LogP contribution is -2.26. The molecule has 19 heavy (non-hydrogen) atoms. The Bertz CT molecular complexity index is 691. The Balaban J connectivity index is 1.98. The van der Waals surface area contributed by atoms with Crippen molar-refractivity contribution in [2.75, 3.05) is 0 Å². The molecule has 1 aromatic carbocycles. The van der Waals surface area contributed by atoms with Crippen LogP contribution < -0.4 is 5.56 Å². The first-order valence-electron chi connectivity index (χ1n) is 6.48. The van der Waals surface area contributed by atoms with Crippen molar-refractivity contribution < 1.29 is 0 Å². The van der Waals surface area contributed by atoms with Gasteiger partial charge >= 0.3 is 0 Å². The topological polar surface area (TPSA) is 34.9 Å². The average Bonchev–Trinajstić information content (AvgIpc) is 2.86. The summed E-state index contributed by atoms with van der Waals surface area (Å²) in [6, 6.07) is 6.59. The van der Waals surface area contributed by atoms with E-state index < -0.39 is 0 Å². The highest BCUT2D eigenvalue weighted by Crippen LogP contribution is 2.23. The van der Waals surface area contributed by atoms with Crippen molar-refractivity contribution in [2.24, 2.45) is 0 Å². The summed E-state index contributed by atoms with van der Waals surface area (Å²) in [4.78, 5) is 16.4. The van der Waals surface area contributed by atoms with Crippen molar-refractivity contribution in [3.63, 3.8) is 0 Å². The Morgan fingerprint density at radius 1 is 1.32 bits per heavy atom. The minimum Gasteiger partial charge on any atom is -0.292 e. The number of hydrogen-bond donors (Lipinski definition) is 0. The van der Waals surface area contributed by atoms with Gasteiger partial charge < -0.3 is 0 Å². The van der Waals surface area contributed by atoms with Gasteiger partial charge in [0.1, 0.15) is 5.82 Å². The smallest absolute Gasteiger partial charge is 0.267 e. The Morgan fingerprint density at radius 3 is 2.95 bits per heavy atom. The third kappa shape index (κ3) is 2.45. The molecule has 0 amide bonds. The number of aromatic nitrogens is 2. The standard InChI is InChI=1S/C15H15IN2O/c1-10-17-8-14(16)15(19)18(10)9-11-5-6-12-3-2-4-13(12)7-11/h5-8H,2-4,9H2,1H3. The van der Waals surface area contributed by atoms with E-state index >= 15 is 0 Å². The van der Waals surface area contributed by atoms with Gasteiger partial charge in [0.2, 0.25) is 0 Å². The van der Waals surface area contributed by atoms with Crippen molar-refractivity contribution in [1.29, 1.82) is 0 Å². The third-order valence-corrected chi connectivity index (χ3v) is 4.45. The van der Waals surface area contributed by atoms with Crippen LogP contribution in [-0.2, 0) is 19.4 Å². The fourth-order valence-electron chi connectivity index (χ4n) is 2.64. The number of nitrogens with zero attached hydrogens (tertiary/aromatic N) is 2. The number of rotatable bonds is 2. The Hall–Kier alpha value is -1.17. The van der Waals surface area contributed by atoms with Gasteiger partial charge in [0, 0.05) is 6.20 Å². The molecule has 0 bridgehead atoms. The Morgan fingerprint density at radius 2 is 2.11 bits per heavy atom. The van der Waals surface area contributed by atoms with Crippen LogP contribution in [0, 0.1) is 10.5 Å².